The first-order chi connectivity index (χ1) is 11.1. The minimum absolute atomic E-state index is 0.413. The largest absolute Gasteiger partial charge is 0.497 e. The standard InChI is InChI=1S/C19H30N2O2/c1-15-12-21(13-16(2)23-15)18-7-9-20(10-8-18)14-17-5-4-6-19(11-17)22-3/h4-6,11,15-16,18H,7-10,12-14H2,1-3H3/p+2. The van der Waals surface area contributed by atoms with Crippen LogP contribution in [0.2, 0.25) is 0 Å². The second-order valence-electron chi connectivity index (χ2n) is 7.38. The molecule has 3 rings (SSSR count). The normalized spacial score (nSPS) is 35.0. The maximum atomic E-state index is 5.89. The van der Waals surface area contributed by atoms with Gasteiger partial charge in [-0.05, 0) is 26.0 Å². The van der Waals surface area contributed by atoms with Crippen LogP contribution in [0.15, 0.2) is 24.3 Å². The Morgan fingerprint density at radius 3 is 2.48 bits per heavy atom. The van der Waals surface area contributed by atoms with E-state index in [1.165, 1.54) is 44.6 Å². The zero-order valence-corrected chi connectivity index (χ0v) is 14.8. The lowest BCUT2D eigenvalue weighted by Gasteiger charge is -2.39. The summed E-state index contributed by atoms with van der Waals surface area (Å²) in [6.07, 6.45) is 3.51. The molecule has 0 saturated carbocycles. The van der Waals surface area contributed by atoms with Crippen molar-refractivity contribution in [3.05, 3.63) is 29.8 Å². The number of ether oxygens (including phenoxy) is 2. The van der Waals surface area contributed by atoms with Gasteiger partial charge >= 0.3 is 0 Å². The van der Waals surface area contributed by atoms with E-state index in [1.807, 2.05) is 6.07 Å². The number of piperidine rings is 1. The molecule has 23 heavy (non-hydrogen) atoms. The zero-order valence-electron chi connectivity index (χ0n) is 14.8. The molecule has 0 amide bonds. The molecule has 4 heteroatoms. The summed E-state index contributed by atoms with van der Waals surface area (Å²) in [6.45, 7) is 10.5. The lowest BCUT2D eigenvalue weighted by Crippen LogP contribution is -3.22. The quantitative estimate of drug-likeness (QED) is 0.813. The number of rotatable bonds is 4. The van der Waals surface area contributed by atoms with Crippen molar-refractivity contribution in [1.29, 1.82) is 0 Å². The molecule has 0 aromatic heterocycles. The lowest BCUT2D eigenvalue weighted by atomic mass is 10.0. The van der Waals surface area contributed by atoms with Crippen LogP contribution in [0.25, 0.3) is 0 Å². The Morgan fingerprint density at radius 1 is 1.13 bits per heavy atom. The van der Waals surface area contributed by atoms with E-state index in [9.17, 15) is 0 Å². The molecule has 4 nitrogen and oxygen atoms in total. The van der Waals surface area contributed by atoms with Crippen LogP contribution in [0, 0.1) is 0 Å². The van der Waals surface area contributed by atoms with Gasteiger partial charge < -0.3 is 19.3 Å². The van der Waals surface area contributed by atoms with E-state index in [2.05, 4.69) is 32.0 Å². The van der Waals surface area contributed by atoms with Crippen LogP contribution in [-0.2, 0) is 11.3 Å². The monoisotopic (exact) mass is 320 g/mol. The number of benzene rings is 1. The maximum Gasteiger partial charge on any atom is 0.119 e. The maximum absolute atomic E-state index is 5.89. The highest BCUT2D eigenvalue weighted by Crippen LogP contribution is 2.12. The smallest absolute Gasteiger partial charge is 0.119 e. The highest BCUT2D eigenvalue weighted by atomic mass is 16.5. The number of nitrogens with one attached hydrogen (secondary N) is 2. The first-order valence-corrected chi connectivity index (χ1v) is 9.10. The van der Waals surface area contributed by atoms with Gasteiger partial charge in [0.1, 0.15) is 37.6 Å². The summed E-state index contributed by atoms with van der Waals surface area (Å²) >= 11 is 0. The molecule has 2 N–H and O–H groups in total. The molecule has 1 aromatic rings. The highest BCUT2D eigenvalue weighted by molar-refractivity contribution is 5.27. The van der Waals surface area contributed by atoms with E-state index in [0.29, 0.717) is 12.2 Å². The van der Waals surface area contributed by atoms with Crippen LogP contribution in [0.4, 0.5) is 0 Å². The minimum atomic E-state index is 0.413. The van der Waals surface area contributed by atoms with Gasteiger partial charge in [0.15, 0.2) is 0 Å². The van der Waals surface area contributed by atoms with E-state index >= 15 is 0 Å². The number of likely N-dealkylation sites (tertiary alicyclic amines) is 1. The Kier molecular flexibility index (Phi) is 5.57. The summed E-state index contributed by atoms with van der Waals surface area (Å²) in [5.74, 6) is 0.970. The molecule has 2 fully saturated rings. The van der Waals surface area contributed by atoms with Crippen LogP contribution < -0.4 is 14.5 Å². The molecule has 2 unspecified atom stereocenters. The summed E-state index contributed by atoms with van der Waals surface area (Å²) in [7, 11) is 1.74. The molecule has 0 radical (unpaired) electrons. The minimum Gasteiger partial charge on any atom is -0.497 e. The van der Waals surface area contributed by atoms with Gasteiger partial charge in [-0.1, -0.05) is 12.1 Å². The first kappa shape index (κ1) is 16.7. The summed E-state index contributed by atoms with van der Waals surface area (Å²) in [5.41, 5.74) is 1.39. The molecule has 128 valence electrons. The van der Waals surface area contributed by atoms with Crippen LogP contribution in [0.5, 0.6) is 5.75 Å². The third-order valence-electron chi connectivity index (χ3n) is 5.42. The van der Waals surface area contributed by atoms with Crippen molar-refractivity contribution in [2.75, 3.05) is 33.3 Å². The second kappa shape index (κ2) is 7.65. The van der Waals surface area contributed by atoms with Gasteiger partial charge in [-0.2, -0.15) is 0 Å². The number of morpholine rings is 1. The summed E-state index contributed by atoms with van der Waals surface area (Å²) in [5, 5.41) is 0. The molecule has 2 aliphatic rings. The second-order valence-corrected chi connectivity index (χ2v) is 7.38. The van der Waals surface area contributed by atoms with Gasteiger partial charge in [0.2, 0.25) is 0 Å². The van der Waals surface area contributed by atoms with Crippen LogP contribution in [0.1, 0.15) is 32.3 Å². The van der Waals surface area contributed by atoms with Crippen molar-refractivity contribution in [3.63, 3.8) is 0 Å². The molecule has 2 aliphatic heterocycles. The Labute approximate surface area is 140 Å². The molecular formula is C19H32N2O2+2. The number of hydrogen-bond donors (Lipinski definition) is 2. The molecule has 0 bridgehead atoms. The van der Waals surface area contributed by atoms with Gasteiger partial charge in [-0.25, -0.2) is 0 Å². The number of quaternary nitrogens is 2. The van der Waals surface area contributed by atoms with Gasteiger partial charge in [0.05, 0.1) is 26.2 Å². The summed E-state index contributed by atoms with van der Waals surface area (Å²) in [6, 6.07) is 9.35. The van der Waals surface area contributed by atoms with E-state index in [4.69, 9.17) is 9.47 Å². The van der Waals surface area contributed by atoms with Crippen LogP contribution in [-0.4, -0.2) is 51.5 Å². The number of methoxy groups -OCH3 is 1. The zero-order chi connectivity index (χ0) is 16.2. The number of hydrogen-bond acceptors (Lipinski definition) is 2. The van der Waals surface area contributed by atoms with E-state index < -0.39 is 0 Å². The molecular weight excluding hydrogens is 288 g/mol. The van der Waals surface area contributed by atoms with Gasteiger partial charge in [-0.3, -0.25) is 0 Å². The van der Waals surface area contributed by atoms with Crippen LogP contribution >= 0.6 is 0 Å². The average molecular weight is 320 g/mol. The Hall–Kier alpha value is -1.10. The topological polar surface area (TPSA) is 27.3 Å². The molecule has 2 atom stereocenters. The predicted octanol–water partition coefficient (Wildman–Crippen LogP) is -0.0654. The molecule has 1 aromatic carbocycles. The highest BCUT2D eigenvalue weighted by Gasteiger charge is 2.35. The van der Waals surface area contributed by atoms with Gasteiger partial charge in [-0.15, -0.1) is 0 Å². The average Bonchev–Trinajstić information content (AvgIpc) is 2.55. The van der Waals surface area contributed by atoms with E-state index in [0.717, 1.165) is 18.3 Å². The van der Waals surface area contributed by atoms with Crippen molar-refractivity contribution in [2.45, 2.75) is 51.5 Å². The van der Waals surface area contributed by atoms with Crippen molar-refractivity contribution >= 4 is 0 Å². The van der Waals surface area contributed by atoms with Gasteiger partial charge in [0.25, 0.3) is 0 Å². The van der Waals surface area contributed by atoms with E-state index in [1.54, 1.807) is 16.9 Å². The van der Waals surface area contributed by atoms with E-state index in [-0.39, 0.29) is 0 Å². The van der Waals surface area contributed by atoms with Crippen molar-refractivity contribution in [2.24, 2.45) is 0 Å². The van der Waals surface area contributed by atoms with Crippen molar-refractivity contribution in [1.82, 2.24) is 0 Å². The molecule has 2 heterocycles. The van der Waals surface area contributed by atoms with Gasteiger partial charge in [0, 0.05) is 18.4 Å². The fourth-order valence-electron chi connectivity index (χ4n) is 4.33. The lowest BCUT2D eigenvalue weighted by molar-refractivity contribution is -0.970. The molecule has 0 spiro atoms. The van der Waals surface area contributed by atoms with Crippen molar-refractivity contribution < 1.29 is 19.3 Å². The third kappa shape index (κ3) is 4.46. The van der Waals surface area contributed by atoms with Crippen molar-refractivity contribution in [3.8, 4) is 5.75 Å². The predicted molar refractivity (Wildman–Crippen MR) is 91.1 cm³/mol. The Morgan fingerprint density at radius 2 is 1.83 bits per heavy atom. The SMILES string of the molecule is COc1cccc(C[NH+]2CCC([NH+]3CC(C)OC(C)C3)CC2)c1. The summed E-state index contributed by atoms with van der Waals surface area (Å²) in [4.78, 5) is 3.49. The Balaban J connectivity index is 1.50. The fourth-order valence-corrected chi connectivity index (χ4v) is 4.33. The summed E-state index contributed by atoms with van der Waals surface area (Å²) < 4.78 is 11.2. The third-order valence-corrected chi connectivity index (χ3v) is 5.42. The molecule has 2 saturated heterocycles. The fraction of sp³-hybridized carbons (Fsp3) is 0.684. The van der Waals surface area contributed by atoms with Crippen LogP contribution in [0.3, 0.4) is 0 Å². The Bertz CT molecular complexity index is 490. The first-order valence-electron chi connectivity index (χ1n) is 9.10. The molecule has 0 aliphatic carbocycles.